The van der Waals surface area contributed by atoms with Crippen LogP contribution in [0.2, 0.25) is 0 Å². The molecule has 3 aromatic carbocycles. The fourth-order valence-electron chi connectivity index (χ4n) is 2.59. The number of nitrogens with one attached hydrogen (secondary N) is 2. The Balaban J connectivity index is 1.77. The van der Waals surface area contributed by atoms with Gasteiger partial charge in [-0.15, -0.1) is 0 Å². The lowest BCUT2D eigenvalue weighted by atomic mass is 10.1. The molecular formula is C21H17N3O3S. The summed E-state index contributed by atoms with van der Waals surface area (Å²) in [5.74, 6) is -0.432. The van der Waals surface area contributed by atoms with E-state index in [1.807, 2.05) is 19.1 Å². The van der Waals surface area contributed by atoms with Gasteiger partial charge < -0.3 is 5.32 Å². The minimum absolute atomic E-state index is 0.0444. The highest BCUT2D eigenvalue weighted by molar-refractivity contribution is 7.92. The van der Waals surface area contributed by atoms with Crippen LogP contribution >= 0.6 is 0 Å². The number of amides is 1. The second kappa shape index (κ2) is 7.94. The first-order chi connectivity index (χ1) is 13.4. The number of nitrogens with zero attached hydrogens (tertiary/aromatic N) is 1. The second-order valence-electron chi connectivity index (χ2n) is 6.11. The van der Waals surface area contributed by atoms with Gasteiger partial charge in [-0.2, -0.15) is 5.26 Å². The molecule has 0 atom stereocenters. The lowest BCUT2D eigenvalue weighted by Gasteiger charge is -2.10. The number of anilines is 2. The third kappa shape index (κ3) is 4.37. The number of carbonyl (C=O) groups is 1. The van der Waals surface area contributed by atoms with Crippen LogP contribution in [0.15, 0.2) is 77.7 Å². The maximum Gasteiger partial charge on any atom is 0.261 e. The van der Waals surface area contributed by atoms with E-state index in [0.717, 1.165) is 5.56 Å². The first kappa shape index (κ1) is 19.1. The molecule has 7 heteroatoms. The van der Waals surface area contributed by atoms with Crippen LogP contribution in [0.4, 0.5) is 11.4 Å². The number of rotatable bonds is 5. The summed E-state index contributed by atoms with van der Waals surface area (Å²) < 4.78 is 27.6. The Labute approximate surface area is 163 Å². The third-order valence-electron chi connectivity index (χ3n) is 3.99. The average Bonchev–Trinajstić information content (AvgIpc) is 2.68. The predicted octanol–water partition coefficient (Wildman–Crippen LogP) is 3.92. The van der Waals surface area contributed by atoms with Crippen LogP contribution in [0.1, 0.15) is 21.5 Å². The number of carbonyl (C=O) groups excluding carboxylic acids is 1. The smallest absolute Gasteiger partial charge is 0.261 e. The summed E-state index contributed by atoms with van der Waals surface area (Å²) in [5.41, 5.74) is 2.42. The molecule has 140 valence electrons. The van der Waals surface area contributed by atoms with Crippen molar-refractivity contribution >= 4 is 27.3 Å². The van der Waals surface area contributed by atoms with E-state index >= 15 is 0 Å². The first-order valence-corrected chi connectivity index (χ1v) is 9.87. The Bertz CT molecular complexity index is 1160. The lowest BCUT2D eigenvalue weighted by molar-refractivity contribution is 0.102. The summed E-state index contributed by atoms with van der Waals surface area (Å²) in [7, 11) is -3.77. The fourth-order valence-corrected chi connectivity index (χ4v) is 3.64. The third-order valence-corrected chi connectivity index (χ3v) is 5.39. The van der Waals surface area contributed by atoms with Crippen LogP contribution in [-0.4, -0.2) is 14.3 Å². The van der Waals surface area contributed by atoms with Crippen molar-refractivity contribution in [1.29, 1.82) is 5.26 Å². The number of sulfonamides is 1. The van der Waals surface area contributed by atoms with Gasteiger partial charge in [-0.05, 0) is 61.0 Å². The summed E-state index contributed by atoms with van der Waals surface area (Å²) in [6, 6.07) is 21.3. The van der Waals surface area contributed by atoms with Crippen LogP contribution in [0.25, 0.3) is 0 Å². The monoisotopic (exact) mass is 391 g/mol. The average molecular weight is 391 g/mol. The normalized spacial score (nSPS) is 10.7. The largest absolute Gasteiger partial charge is 0.321 e. The number of hydrogen-bond acceptors (Lipinski definition) is 4. The van der Waals surface area contributed by atoms with Crippen molar-refractivity contribution in [2.75, 3.05) is 10.0 Å². The maximum absolute atomic E-state index is 12.5. The molecule has 3 rings (SSSR count). The maximum atomic E-state index is 12.5. The van der Waals surface area contributed by atoms with Crippen molar-refractivity contribution < 1.29 is 13.2 Å². The molecule has 0 aliphatic rings. The van der Waals surface area contributed by atoms with Crippen LogP contribution in [-0.2, 0) is 10.0 Å². The molecule has 3 aromatic rings. The van der Waals surface area contributed by atoms with Gasteiger partial charge in [0.25, 0.3) is 15.9 Å². The van der Waals surface area contributed by atoms with E-state index in [0.29, 0.717) is 16.9 Å². The Kier molecular flexibility index (Phi) is 5.43. The highest BCUT2D eigenvalue weighted by Gasteiger charge is 2.16. The minimum Gasteiger partial charge on any atom is -0.321 e. The van der Waals surface area contributed by atoms with Gasteiger partial charge in [-0.1, -0.05) is 24.3 Å². The van der Waals surface area contributed by atoms with Crippen LogP contribution in [0.3, 0.4) is 0 Å². The Morgan fingerprint density at radius 3 is 2.36 bits per heavy atom. The van der Waals surface area contributed by atoms with Gasteiger partial charge >= 0.3 is 0 Å². The van der Waals surface area contributed by atoms with E-state index in [1.165, 1.54) is 24.3 Å². The molecule has 0 spiro atoms. The van der Waals surface area contributed by atoms with Crippen molar-refractivity contribution in [3.05, 3.63) is 89.5 Å². The zero-order chi connectivity index (χ0) is 20.1. The highest BCUT2D eigenvalue weighted by atomic mass is 32.2. The number of para-hydroxylation sites is 1. The molecule has 6 nitrogen and oxygen atoms in total. The van der Waals surface area contributed by atoms with E-state index in [4.69, 9.17) is 5.26 Å². The number of benzene rings is 3. The zero-order valence-electron chi connectivity index (χ0n) is 15.0. The summed E-state index contributed by atoms with van der Waals surface area (Å²) in [5, 5.41) is 11.7. The summed E-state index contributed by atoms with van der Waals surface area (Å²) in [6.45, 7) is 1.87. The van der Waals surface area contributed by atoms with Crippen molar-refractivity contribution in [3.63, 3.8) is 0 Å². The van der Waals surface area contributed by atoms with E-state index in [1.54, 1.807) is 42.5 Å². The number of nitriles is 1. The summed E-state index contributed by atoms with van der Waals surface area (Å²) in [4.78, 5) is 12.4. The number of aryl methyl sites for hydroxylation is 1. The van der Waals surface area contributed by atoms with Gasteiger partial charge in [0.05, 0.1) is 16.1 Å². The molecule has 1 amide bonds. The molecule has 0 saturated heterocycles. The van der Waals surface area contributed by atoms with E-state index in [9.17, 15) is 13.2 Å². The quantitative estimate of drug-likeness (QED) is 0.688. The zero-order valence-corrected chi connectivity index (χ0v) is 15.8. The van der Waals surface area contributed by atoms with Crippen molar-refractivity contribution in [3.8, 4) is 6.07 Å². The molecule has 0 saturated carbocycles. The topological polar surface area (TPSA) is 99.1 Å². The van der Waals surface area contributed by atoms with Gasteiger partial charge in [0.2, 0.25) is 0 Å². The van der Waals surface area contributed by atoms with E-state index in [2.05, 4.69) is 10.0 Å². The van der Waals surface area contributed by atoms with E-state index < -0.39 is 15.9 Å². The van der Waals surface area contributed by atoms with Gasteiger partial charge in [0, 0.05) is 11.3 Å². The molecule has 0 unspecified atom stereocenters. The SMILES string of the molecule is Cc1cccc(NS(=O)(=O)c2ccc(C(=O)Nc3ccccc3C#N)cc2)c1. The van der Waals surface area contributed by atoms with Crippen LogP contribution in [0.5, 0.6) is 0 Å². The standard InChI is InChI=1S/C21H17N3O3S/c1-15-5-4-7-18(13-15)24-28(26,27)19-11-9-16(10-12-19)21(25)23-20-8-3-2-6-17(20)14-22/h2-13,24H,1H3,(H,23,25). The molecule has 0 radical (unpaired) electrons. The molecule has 0 fully saturated rings. The van der Waals surface area contributed by atoms with Gasteiger partial charge in [0.15, 0.2) is 0 Å². The molecular weight excluding hydrogens is 374 g/mol. The Morgan fingerprint density at radius 1 is 0.964 bits per heavy atom. The van der Waals surface area contributed by atoms with Crippen molar-refractivity contribution in [1.82, 2.24) is 0 Å². The second-order valence-corrected chi connectivity index (χ2v) is 7.79. The molecule has 0 aromatic heterocycles. The van der Waals surface area contributed by atoms with Crippen LogP contribution < -0.4 is 10.0 Å². The van der Waals surface area contributed by atoms with E-state index in [-0.39, 0.29) is 10.5 Å². The highest BCUT2D eigenvalue weighted by Crippen LogP contribution is 2.19. The number of hydrogen-bond donors (Lipinski definition) is 2. The summed E-state index contributed by atoms with van der Waals surface area (Å²) in [6.07, 6.45) is 0. The molecule has 0 heterocycles. The molecule has 28 heavy (non-hydrogen) atoms. The minimum atomic E-state index is -3.77. The van der Waals surface area contributed by atoms with Gasteiger partial charge in [0.1, 0.15) is 6.07 Å². The Hall–Kier alpha value is -3.63. The first-order valence-electron chi connectivity index (χ1n) is 8.39. The molecule has 0 bridgehead atoms. The predicted molar refractivity (Wildman–Crippen MR) is 108 cm³/mol. The van der Waals surface area contributed by atoms with Crippen molar-refractivity contribution in [2.45, 2.75) is 11.8 Å². The van der Waals surface area contributed by atoms with Gasteiger partial charge in [-0.25, -0.2) is 8.42 Å². The summed E-state index contributed by atoms with van der Waals surface area (Å²) >= 11 is 0. The molecule has 0 aliphatic carbocycles. The molecule has 2 N–H and O–H groups in total. The lowest BCUT2D eigenvalue weighted by Crippen LogP contribution is -2.15. The fraction of sp³-hybridized carbons (Fsp3) is 0.0476. The molecule has 0 aliphatic heterocycles. The van der Waals surface area contributed by atoms with Crippen molar-refractivity contribution in [2.24, 2.45) is 0 Å². The Morgan fingerprint density at radius 2 is 1.68 bits per heavy atom. The van der Waals surface area contributed by atoms with Crippen LogP contribution in [0, 0.1) is 18.3 Å². The van der Waals surface area contributed by atoms with Gasteiger partial charge in [-0.3, -0.25) is 9.52 Å².